The van der Waals surface area contributed by atoms with Crippen molar-refractivity contribution in [1.29, 1.82) is 0 Å². The molecule has 2 rings (SSSR count). The van der Waals surface area contributed by atoms with Crippen LogP contribution in [0.25, 0.3) is 0 Å². The second kappa shape index (κ2) is 11.0. The van der Waals surface area contributed by atoms with Crippen LogP contribution < -0.4 is 5.73 Å². The van der Waals surface area contributed by atoms with Crippen molar-refractivity contribution in [1.82, 2.24) is 9.80 Å². The smallest absolute Gasteiger partial charge is 0.409 e. The highest BCUT2D eigenvalue weighted by Gasteiger charge is 2.64. The van der Waals surface area contributed by atoms with E-state index in [1.807, 2.05) is 33.8 Å². The minimum absolute atomic E-state index is 0.0566. The SMILES string of the molecule is COC1C(OC(=O)N(C)CCN(C)C(=O)CN)CC[C@]2(CO2)C1C(C)(C)OCC=C(C)C. The molecule has 0 bridgehead atoms. The van der Waals surface area contributed by atoms with Crippen LogP contribution in [0.1, 0.15) is 40.5 Å². The van der Waals surface area contributed by atoms with Crippen LogP contribution in [-0.4, -0.2) is 99.3 Å². The molecule has 2 amide bonds. The number of likely N-dealkylation sites (N-methyl/N-ethyl adjacent to an activating group) is 2. The Morgan fingerprint density at radius 1 is 1.22 bits per heavy atom. The third-order valence-electron chi connectivity index (χ3n) is 6.53. The predicted molar refractivity (Wildman–Crippen MR) is 121 cm³/mol. The number of amides is 2. The van der Waals surface area contributed by atoms with Crippen molar-refractivity contribution in [2.24, 2.45) is 11.7 Å². The van der Waals surface area contributed by atoms with Gasteiger partial charge >= 0.3 is 6.09 Å². The molecule has 0 radical (unpaired) electrons. The number of carbonyl (C=O) groups excluding carboxylic acids is 2. The summed E-state index contributed by atoms with van der Waals surface area (Å²) >= 11 is 0. The Morgan fingerprint density at radius 3 is 2.38 bits per heavy atom. The van der Waals surface area contributed by atoms with Gasteiger partial charge in [-0.25, -0.2) is 4.79 Å². The largest absolute Gasteiger partial charge is 0.443 e. The second-order valence-corrected chi connectivity index (χ2v) is 9.63. The molecular weight excluding hydrogens is 414 g/mol. The molecule has 9 nitrogen and oxygen atoms in total. The van der Waals surface area contributed by atoms with Crippen molar-refractivity contribution >= 4 is 12.0 Å². The number of methoxy groups -OCH3 is 1. The lowest BCUT2D eigenvalue weighted by molar-refractivity contribution is -0.173. The van der Waals surface area contributed by atoms with Gasteiger partial charge in [-0.3, -0.25) is 4.79 Å². The van der Waals surface area contributed by atoms with Crippen LogP contribution in [0.5, 0.6) is 0 Å². The fourth-order valence-electron chi connectivity index (χ4n) is 4.48. The molecule has 1 saturated carbocycles. The highest BCUT2D eigenvalue weighted by atomic mass is 16.6. The van der Waals surface area contributed by atoms with Gasteiger partial charge in [0.1, 0.15) is 12.2 Å². The minimum Gasteiger partial charge on any atom is -0.443 e. The first-order valence-corrected chi connectivity index (χ1v) is 11.3. The summed E-state index contributed by atoms with van der Waals surface area (Å²) in [5.74, 6) is -0.262. The van der Waals surface area contributed by atoms with E-state index in [1.54, 1.807) is 21.2 Å². The summed E-state index contributed by atoms with van der Waals surface area (Å²) in [5.41, 5.74) is 5.74. The average molecular weight is 456 g/mol. The zero-order valence-electron chi connectivity index (χ0n) is 20.7. The van der Waals surface area contributed by atoms with Gasteiger partial charge in [0.05, 0.1) is 31.0 Å². The number of hydrogen-bond donors (Lipinski definition) is 1. The highest BCUT2D eigenvalue weighted by molar-refractivity contribution is 5.77. The topological polar surface area (TPSA) is 107 Å². The molecule has 2 fully saturated rings. The van der Waals surface area contributed by atoms with Gasteiger partial charge < -0.3 is 34.5 Å². The molecule has 4 atom stereocenters. The summed E-state index contributed by atoms with van der Waals surface area (Å²) in [6.45, 7) is 10.0. The molecule has 2 aliphatic rings. The fourth-order valence-corrected chi connectivity index (χ4v) is 4.48. The Labute approximate surface area is 192 Å². The van der Waals surface area contributed by atoms with Gasteiger partial charge in [0, 0.05) is 40.2 Å². The van der Waals surface area contributed by atoms with Crippen LogP contribution in [0.4, 0.5) is 4.79 Å². The predicted octanol–water partition coefficient (Wildman–Crippen LogP) is 1.80. The molecule has 3 unspecified atom stereocenters. The van der Waals surface area contributed by atoms with Gasteiger partial charge in [-0.2, -0.15) is 0 Å². The Bertz CT molecular complexity index is 687. The Balaban J connectivity index is 2.05. The first-order valence-electron chi connectivity index (χ1n) is 11.3. The molecule has 1 aliphatic carbocycles. The molecule has 1 spiro atoms. The summed E-state index contributed by atoms with van der Waals surface area (Å²) in [6, 6.07) is 0. The second-order valence-electron chi connectivity index (χ2n) is 9.63. The monoisotopic (exact) mass is 455 g/mol. The van der Waals surface area contributed by atoms with E-state index >= 15 is 0 Å². The number of nitrogens with zero attached hydrogens (tertiary/aromatic N) is 2. The quantitative estimate of drug-likeness (QED) is 0.395. The van der Waals surface area contributed by atoms with Crippen molar-refractivity contribution in [2.75, 3.05) is 54.1 Å². The van der Waals surface area contributed by atoms with E-state index < -0.39 is 17.8 Å². The number of epoxide rings is 1. The van der Waals surface area contributed by atoms with E-state index in [-0.39, 0.29) is 30.1 Å². The van der Waals surface area contributed by atoms with Crippen molar-refractivity contribution in [3.8, 4) is 0 Å². The number of allylic oxidation sites excluding steroid dienone is 1. The van der Waals surface area contributed by atoms with Crippen molar-refractivity contribution in [3.63, 3.8) is 0 Å². The number of carbonyl (C=O) groups is 2. The molecule has 1 saturated heterocycles. The van der Waals surface area contributed by atoms with Gasteiger partial charge in [0.25, 0.3) is 0 Å². The third kappa shape index (κ3) is 6.43. The molecule has 0 aromatic rings. The lowest BCUT2D eigenvalue weighted by Crippen LogP contribution is -2.59. The van der Waals surface area contributed by atoms with Crippen molar-refractivity contribution in [2.45, 2.75) is 63.9 Å². The first kappa shape index (κ1) is 26.6. The van der Waals surface area contributed by atoms with Gasteiger partial charge in [-0.15, -0.1) is 0 Å². The molecule has 0 aromatic heterocycles. The first-order chi connectivity index (χ1) is 15.0. The molecule has 32 heavy (non-hydrogen) atoms. The Morgan fingerprint density at radius 2 is 1.84 bits per heavy atom. The highest BCUT2D eigenvalue weighted by Crippen LogP contribution is 2.52. The maximum atomic E-state index is 12.8. The minimum atomic E-state index is -0.536. The normalized spacial score (nSPS) is 27.1. The number of ether oxygens (including phenoxy) is 4. The summed E-state index contributed by atoms with van der Waals surface area (Å²) in [7, 11) is 4.96. The summed E-state index contributed by atoms with van der Waals surface area (Å²) in [4.78, 5) is 27.3. The Kier molecular flexibility index (Phi) is 9.10. The molecule has 1 heterocycles. The van der Waals surface area contributed by atoms with Gasteiger partial charge in [0.2, 0.25) is 5.91 Å². The van der Waals surface area contributed by atoms with Crippen molar-refractivity contribution in [3.05, 3.63) is 11.6 Å². The number of hydrogen-bond acceptors (Lipinski definition) is 7. The van der Waals surface area contributed by atoms with Crippen LogP contribution >= 0.6 is 0 Å². The van der Waals surface area contributed by atoms with E-state index in [0.717, 1.165) is 6.42 Å². The fraction of sp³-hybridized carbons (Fsp3) is 0.826. The zero-order valence-corrected chi connectivity index (χ0v) is 20.7. The lowest BCUT2D eigenvalue weighted by Gasteiger charge is -2.47. The standard InChI is InChI=1S/C23H41N3O6/c1-16(2)9-13-30-22(3,4)20-19(29-7)17(8-10-23(20)15-31-23)32-21(28)26(6)12-11-25(5)18(27)14-24/h9,17,19-20H,8,10-15,24H2,1-7H3/t17?,19?,20?,23-/m0/s1. The molecule has 184 valence electrons. The number of rotatable bonds is 10. The van der Waals surface area contributed by atoms with Crippen LogP contribution in [-0.2, 0) is 23.7 Å². The Hall–Kier alpha value is -1.68. The molecule has 0 aromatic carbocycles. The van der Waals surface area contributed by atoms with Gasteiger partial charge in [0.15, 0.2) is 0 Å². The van der Waals surface area contributed by atoms with E-state index in [9.17, 15) is 9.59 Å². The van der Waals surface area contributed by atoms with E-state index in [2.05, 4.69) is 0 Å². The summed E-state index contributed by atoms with van der Waals surface area (Å²) in [6.07, 6.45) is 2.27. The molecule has 9 heteroatoms. The zero-order chi connectivity index (χ0) is 24.1. The summed E-state index contributed by atoms with van der Waals surface area (Å²) in [5, 5.41) is 0. The molecule has 2 N–H and O–H groups in total. The van der Waals surface area contributed by atoms with Crippen LogP contribution in [0.2, 0.25) is 0 Å². The van der Waals surface area contributed by atoms with E-state index in [4.69, 9.17) is 24.7 Å². The van der Waals surface area contributed by atoms with Gasteiger partial charge in [-0.1, -0.05) is 11.6 Å². The maximum Gasteiger partial charge on any atom is 0.409 e. The third-order valence-corrected chi connectivity index (χ3v) is 6.53. The summed E-state index contributed by atoms with van der Waals surface area (Å²) < 4.78 is 23.9. The van der Waals surface area contributed by atoms with Gasteiger partial charge in [-0.05, 0) is 40.5 Å². The van der Waals surface area contributed by atoms with Crippen LogP contribution in [0.15, 0.2) is 11.6 Å². The van der Waals surface area contributed by atoms with Crippen LogP contribution in [0.3, 0.4) is 0 Å². The van der Waals surface area contributed by atoms with Crippen molar-refractivity contribution < 1.29 is 28.5 Å². The number of nitrogens with two attached hydrogens (primary N) is 1. The lowest BCUT2D eigenvalue weighted by atomic mass is 9.68. The average Bonchev–Trinajstić information content (AvgIpc) is 3.50. The molecule has 1 aliphatic heterocycles. The molecular formula is C23H41N3O6. The van der Waals surface area contributed by atoms with Crippen LogP contribution in [0, 0.1) is 5.92 Å². The van der Waals surface area contributed by atoms with E-state index in [1.165, 1.54) is 15.4 Å². The maximum absolute atomic E-state index is 12.8. The van der Waals surface area contributed by atoms with E-state index in [0.29, 0.717) is 32.7 Å².